The average Bonchev–Trinajstić information content (AvgIpc) is 3.17. The van der Waals surface area contributed by atoms with Gasteiger partial charge in [-0.2, -0.15) is 18.3 Å². The predicted molar refractivity (Wildman–Crippen MR) is 104 cm³/mol. The van der Waals surface area contributed by atoms with Crippen molar-refractivity contribution in [2.75, 3.05) is 0 Å². The van der Waals surface area contributed by atoms with Crippen LogP contribution in [0.1, 0.15) is 36.5 Å². The molecule has 0 spiro atoms. The number of halogens is 5. The molecule has 11 heteroatoms. The first-order valence-corrected chi connectivity index (χ1v) is 10.3. The van der Waals surface area contributed by atoms with Gasteiger partial charge < -0.3 is 5.32 Å². The molecule has 1 N–H and O–H groups in total. The zero-order chi connectivity index (χ0) is 19.9. The monoisotopic (exact) mass is 524 g/mol. The molecule has 0 saturated carbocycles. The fourth-order valence-electron chi connectivity index (χ4n) is 2.31. The van der Waals surface area contributed by atoms with E-state index in [1.165, 1.54) is 11.3 Å². The molecule has 0 aliphatic rings. The summed E-state index contributed by atoms with van der Waals surface area (Å²) in [6.45, 7) is 3.69. The lowest BCUT2D eigenvalue weighted by atomic mass is 10.2. The van der Waals surface area contributed by atoms with Crippen LogP contribution in [-0.4, -0.2) is 26.5 Å². The zero-order valence-corrected chi connectivity index (χ0v) is 18.1. The highest BCUT2D eigenvalue weighted by Gasteiger charge is 2.36. The fourth-order valence-corrected chi connectivity index (χ4v) is 4.21. The van der Waals surface area contributed by atoms with Gasteiger partial charge in [-0.1, -0.05) is 6.92 Å². The summed E-state index contributed by atoms with van der Waals surface area (Å²) in [7, 11) is 0. The van der Waals surface area contributed by atoms with E-state index < -0.39 is 17.8 Å². The first-order valence-electron chi connectivity index (χ1n) is 7.83. The normalized spacial score (nSPS) is 13.1. The maximum Gasteiger partial charge on any atom is 0.433 e. The zero-order valence-electron chi connectivity index (χ0n) is 14.1. The molecular formula is C16H13Br2F3N4OS. The molecule has 0 aromatic carbocycles. The lowest BCUT2D eigenvalue weighted by Gasteiger charge is -2.10. The minimum absolute atomic E-state index is 0.0707. The second-order valence-electron chi connectivity index (χ2n) is 5.83. The number of thiophene rings is 1. The van der Waals surface area contributed by atoms with Crippen LogP contribution in [0.5, 0.6) is 0 Å². The van der Waals surface area contributed by atoms with Crippen LogP contribution in [-0.2, 0) is 6.18 Å². The van der Waals surface area contributed by atoms with E-state index in [9.17, 15) is 18.0 Å². The van der Waals surface area contributed by atoms with Crippen LogP contribution in [0.4, 0.5) is 13.2 Å². The molecule has 3 aromatic rings. The van der Waals surface area contributed by atoms with E-state index in [4.69, 9.17) is 0 Å². The number of nitrogens with one attached hydrogen (secondary N) is 1. The molecule has 0 aliphatic carbocycles. The molecule has 1 atom stereocenters. The molecule has 5 nitrogen and oxygen atoms in total. The van der Waals surface area contributed by atoms with Crippen LogP contribution in [0, 0.1) is 0 Å². The van der Waals surface area contributed by atoms with Crippen LogP contribution in [0.25, 0.3) is 16.2 Å². The lowest BCUT2D eigenvalue weighted by Crippen LogP contribution is -2.32. The van der Waals surface area contributed by atoms with E-state index in [1.54, 1.807) is 18.4 Å². The van der Waals surface area contributed by atoms with Gasteiger partial charge in [-0.15, -0.1) is 11.3 Å². The van der Waals surface area contributed by atoms with Gasteiger partial charge in [0, 0.05) is 15.9 Å². The number of hydrogen-bond donors (Lipinski definition) is 1. The minimum atomic E-state index is -4.67. The van der Waals surface area contributed by atoms with E-state index in [0.717, 1.165) is 10.5 Å². The second-order valence-corrected chi connectivity index (χ2v) is 8.45. The van der Waals surface area contributed by atoms with Crippen molar-refractivity contribution in [2.45, 2.75) is 32.5 Å². The first-order chi connectivity index (χ1) is 12.6. The van der Waals surface area contributed by atoms with Gasteiger partial charge in [0.1, 0.15) is 0 Å². The van der Waals surface area contributed by atoms with Crippen molar-refractivity contribution in [3.05, 3.63) is 37.8 Å². The Morgan fingerprint density at radius 2 is 2.07 bits per heavy atom. The molecular weight excluding hydrogens is 513 g/mol. The predicted octanol–water partition coefficient (Wildman–Crippen LogP) is 5.53. The molecule has 0 radical (unpaired) electrons. The quantitative estimate of drug-likeness (QED) is 0.487. The van der Waals surface area contributed by atoms with Crippen molar-refractivity contribution >= 4 is 54.8 Å². The maximum absolute atomic E-state index is 13.6. The van der Waals surface area contributed by atoms with Gasteiger partial charge in [0.05, 0.1) is 15.0 Å². The Kier molecular flexibility index (Phi) is 5.64. The number of carbonyl (C=O) groups is 1. The topological polar surface area (TPSA) is 59.3 Å². The summed E-state index contributed by atoms with van der Waals surface area (Å²) in [4.78, 5) is 17.3. The van der Waals surface area contributed by atoms with Gasteiger partial charge in [0.2, 0.25) is 0 Å². The Labute approximate surface area is 173 Å². The molecule has 0 saturated heterocycles. The minimum Gasteiger partial charge on any atom is -0.348 e. The summed E-state index contributed by atoms with van der Waals surface area (Å²) in [5.41, 5.74) is -1.06. The lowest BCUT2D eigenvalue weighted by molar-refractivity contribution is -0.142. The smallest absolute Gasteiger partial charge is 0.348 e. The number of alkyl halides is 3. The van der Waals surface area contributed by atoms with Gasteiger partial charge in [0.25, 0.3) is 5.91 Å². The van der Waals surface area contributed by atoms with E-state index >= 15 is 0 Å². The van der Waals surface area contributed by atoms with Crippen LogP contribution in [0.2, 0.25) is 0 Å². The van der Waals surface area contributed by atoms with Crippen molar-refractivity contribution in [3.8, 4) is 10.6 Å². The highest BCUT2D eigenvalue weighted by Crippen LogP contribution is 2.36. The van der Waals surface area contributed by atoms with Crippen molar-refractivity contribution in [1.29, 1.82) is 0 Å². The van der Waals surface area contributed by atoms with Gasteiger partial charge in [-0.25, -0.2) is 9.50 Å². The summed E-state index contributed by atoms with van der Waals surface area (Å²) in [5.74, 6) is -0.560. The number of nitrogens with zero attached hydrogens (tertiary/aromatic N) is 3. The van der Waals surface area contributed by atoms with Crippen LogP contribution < -0.4 is 5.32 Å². The largest absolute Gasteiger partial charge is 0.433 e. The van der Waals surface area contributed by atoms with Gasteiger partial charge in [0.15, 0.2) is 17.0 Å². The Morgan fingerprint density at radius 1 is 1.37 bits per heavy atom. The molecule has 27 heavy (non-hydrogen) atoms. The third kappa shape index (κ3) is 4.04. The number of aromatic nitrogens is 3. The number of rotatable bonds is 4. The summed E-state index contributed by atoms with van der Waals surface area (Å²) in [5, 5.41) is 8.33. The molecule has 144 valence electrons. The molecule has 0 aliphatic heterocycles. The number of hydrogen-bond acceptors (Lipinski definition) is 4. The number of carbonyl (C=O) groups excluding carboxylic acids is 1. The molecule has 0 bridgehead atoms. The van der Waals surface area contributed by atoms with Crippen LogP contribution in [0.15, 0.2) is 26.5 Å². The Bertz CT molecular complexity index is 1020. The van der Waals surface area contributed by atoms with E-state index in [2.05, 4.69) is 47.3 Å². The molecule has 0 fully saturated rings. The van der Waals surface area contributed by atoms with Gasteiger partial charge in [-0.05, 0) is 57.3 Å². The average molecular weight is 526 g/mol. The maximum atomic E-state index is 13.6. The van der Waals surface area contributed by atoms with Crippen molar-refractivity contribution in [2.24, 2.45) is 0 Å². The van der Waals surface area contributed by atoms with Crippen LogP contribution in [0.3, 0.4) is 0 Å². The third-order valence-electron chi connectivity index (χ3n) is 3.85. The van der Waals surface area contributed by atoms with Crippen LogP contribution >= 0.6 is 43.2 Å². The first kappa shape index (κ1) is 20.3. The number of amides is 1. The molecule has 3 heterocycles. The SMILES string of the molecule is CCC(C)NC(=O)c1nn2c(C(F)(F)F)cc(-c3cc(Br)cs3)nc2c1Br. The van der Waals surface area contributed by atoms with Crippen molar-refractivity contribution in [1.82, 2.24) is 19.9 Å². The van der Waals surface area contributed by atoms with Crippen molar-refractivity contribution < 1.29 is 18.0 Å². The highest BCUT2D eigenvalue weighted by atomic mass is 79.9. The summed E-state index contributed by atoms with van der Waals surface area (Å²) >= 11 is 7.74. The Hall–Kier alpha value is -1.46. The number of fused-ring (bicyclic) bond motifs is 1. The highest BCUT2D eigenvalue weighted by molar-refractivity contribution is 9.11. The summed E-state index contributed by atoms with van der Waals surface area (Å²) in [6.07, 6.45) is -3.99. The summed E-state index contributed by atoms with van der Waals surface area (Å²) < 4.78 is 42.4. The fraction of sp³-hybridized carbons (Fsp3) is 0.312. The molecule has 1 unspecified atom stereocenters. The Morgan fingerprint density at radius 3 is 2.63 bits per heavy atom. The molecule has 3 rings (SSSR count). The standard InChI is InChI=1S/C16H13Br2F3N4OS/c1-3-7(2)22-15(26)13-12(18)14-23-9(10-4-8(17)6-27-10)5-11(16(19,20)21)25(14)24-13/h4-7H,3H2,1-2H3,(H,22,26). The third-order valence-corrected chi connectivity index (χ3v) is 6.29. The second kappa shape index (κ2) is 7.51. The van der Waals surface area contributed by atoms with Gasteiger partial charge in [-0.3, -0.25) is 4.79 Å². The van der Waals surface area contributed by atoms with E-state index in [-0.39, 0.29) is 27.5 Å². The molecule has 3 aromatic heterocycles. The summed E-state index contributed by atoms with van der Waals surface area (Å²) in [6, 6.07) is 2.48. The van der Waals surface area contributed by atoms with Crippen molar-refractivity contribution in [3.63, 3.8) is 0 Å². The Balaban J connectivity index is 2.21. The molecule has 1 amide bonds. The van der Waals surface area contributed by atoms with E-state index in [1.807, 2.05) is 6.92 Å². The van der Waals surface area contributed by atoms with Gasteiger partial charge >= 0.3 is 6.18 Å². The van der Waals surface area contributed by atoms with E-state index in [0.29, 0.717) is 15.8 Å².